The smallest absolute Gasteiger partial charge is 0.305 e. The Morgan fingerprint density at radius 1 is 0.797 bits per heavy atom. The zero-order valence-corrected chi connectivity index (χ0v) is 36.7. The number of carbonyl (C=O) groups excluding carboxylic acids is 5. The highest BCUT2D eigenvalue weighted by Crippen LogP contribution is 2.29. The van der Waals surface area contributed by atoms with Gasteiger partial charge in [-0.1, -0.05) is 71.7 Å². The maximum Gasteiger partial charge on any atom is 0.305 e. The normalized spacial score (nSPS) is 13.7. The van der Waals surface area contributed by atoms with Crippen LogP contribution in [0.3, 0.4) is 0 Å². The number of unbranched alkanes of at least 4 members (excludes halogenated alkanes) is 1. The highest BCUT2D eigenvalue weighted by Gasteiger charge is 2.33. The van der Waals surface area contributed by atoms with E-state index in [1.807, 2.05) is 69.3 Å². The number of primary amides is 1. The minimum Gasteiger partial charge on any atom is -0.494 e. The van der Waals surface area contributed by atoms with Crippen molar-refractivity contribution < 1.29 is 48.8 Å². The van der Waals surface area contributed by atoms with Crippen LogP contribution in [0.2, 0.25) is 0 Å². The average Bonchev–Trinajstić information content (AvgIpc) is 3.24. The van der Waals surface area contributed by atoms with E-state index in [1.54, 1.807) is 12.1 Å². The Kier molecular flexibility index (Phi) is 21.2. The minimum absolute atomic E-state index is 0.140. The van der Waals surface area contributed by atoms with Gasteiger partial charge in [0, 0.05) is 17.9 Å². The number of aryl methyl sites for hydroxylation is 4. The average molecular weight is 888 g/mol. The lowest BCUT2D eigenvalue weighted by atomic mass is 9.95. The first kappa shape index (κ1) is 51.8. The fourth-order valence-electron chi connectivity index (χ4n) is 6.91. The third-order valence-corrected chi connectivity index (χ3v) is 10.3. The monoisotopic (exact) mass is 887 g/mol. The molecule has 0 fully saturated rings. The van der Waals surface area contributed by atoms with Crippen LogP contribution in [-0.2, 0) is 48.0 Å². The van der Waals surface area contributed by atoms with Crippen molar-refractivity contribution in [2.75, 3.05) is 19.8 Å². The van der Waals surface area contributed by atoms with Crippen molar-refractivity contribution in [1.29, 1.82) is 0 Å². The predicted octanol–water partition coefficient (Wildman–Crippen LogP) is 2.17. The largest absolute Gasteiger partial charge is 0.494 e. The molecule has 64 heavy (non-hydrogen) atoms. The van der Waals surface area contributed by atoms with Crippen LogP contribution in [-0.4, -0.2) is 107 Å². The molecule has 0 unspecified atom stereocenters. The van der Waals surface area contributed by atoms with E-state index in [2.05, 4.69) is 31.3 Å². The van der Waals surface area contributed by atoms with Crippen LogP contribution >= 0.6 is 0 Å². The number of amides is 5. The number of carboxylic acids is 1. The second-order valence-corrected chi connectivity index (χ2v) is 15.7. The molecule has 0 bridgehead atoms. The van der Waals surface area contributed by atoms with Gasteiger partial charge in [0.2, 0.25) is 29.5 Å². The summed E-state index contributed by atoms with van der Waals surface area (Å²) in [4.78, 5) is 80.7. The number of aliphatic hydroxyl groups is 2. The molecule has 346 valence electrons. The molecule has 0 aliphatic rings. The number of carboxylic acid groups (broad SMARTS) is 1. The summed E-state index contributed by atoms with van der Waals surface area (Å²) in [7, 11) is 0. The molecule has 6 atom stereocenters. The zero-order chi connectivity index (χ0) is 47.3. The fourth-order valence-corrected chi connectivity index (χ4v) is 6.91. The number of nitrogens with zero attached hydrogens (tertiary/aromatic N) is 3. The number of hydrogen-bond acceptors (Lipinski definition) is 11. The van der Waals surface area contributed by atoms with Gasteiger partial charge >= 0.3 is 5.97 Å². The van der Waals surface area contributed by atoms with Gasteiger partial charge in [0.15, 0.2) is 0 Å². The van der Waals surface area contributed by atoms with E-state index in [0.29, 0.717) is 50.1 Å². The highest BCUT2D eigenvalue weighted by atomic mass is 16.5. The summed E-state index contributed by atoms with van der Waals surface area (Å²) in [6.45, 7) is 7.10. The van der Waals surface area contributed by atoms with Crippen molar-refractivity contribution in [3.8, 4) is 16.9 Å². The van der Waals surface area contributed by atoms with Crippen LogP contribution in [0.5, 0.6) is 5.75 Å². The van der Waals surface area contributed by atoms with E-state index in [1.165, 1.54) is 6.92 Å². The lowest BCUT2D eigenvalue weighted by molar-refractivity contribution is -0.141. The predicted molar refractivity (Wildman–Crippen MR) is 238 cm³/mol. The number of nitrogens with two attached hydrogens (primary N) is 2. The first-order valence-electron chi connectivity index (χ1n) is 21.2. The van der Waals surface area contributed by atoms with E-state index in [-0.39, 0.29) is 12.8 Å². The number of rotatable bonds is 27. The van der Waals surface area contributed by atoms with E-state index in [4.69, 9.17) is 21.7 Å². The van der Waals surface area contributed by atoms with E-state index in [0.717, 1.165) is 39.8 Å². The van der Waals surface area contributed by atoms with Gasteiger partial charge in [-0.15, -0.1) is 0 Å². The number of nitrogens with one attached hydrogen (secondary N) is 4. The van der Waals surface area contributed by atoms with Gasteiger partial charge in [-0.2, -0.15) is 0 Å². The lowest BCUT2D eigenvalue weighted by Gasteiger charge is -2.26. The number of carbonyl (C=O) groups is 6. The molecule has 0 aliphatic carbocycles. The van der Waals surface area contributed by atoms with Crippen molar-refractivity contribution in [2.45, 2.75) is 115 Å². The van der Waals surface area contributed by atoms with Crippen molar-refractivity contribution in [2.24, 2.45) is 16.6 Å². The number of hydrogen-bond donors (Lipinski definition) is 9. The Morgan fingerprint density at radius 2 is 1.41 bits per heavy atom. The number of benzene rings is 3. The molecule has 0 aliphatic heterocycles. The number of aliphatic hydroxyl groups excluding tert-OH is 2. The maximum atomic E-state index is 14.0. The van der Waals surface area contributed by atoms with Gasteiger partial charge in [0.1, 0.15) is 36.0 Å². The quantitative estimate of drug-likeness (QED) is 0.0231. The summed E-state index contributed by atoms with van der Waals surface area (Å²) < 4.78 is 5.90. The summed E-state index contributed by atoms with van der Waals surface area (Å²) in [6.07, 6.45) is 0.977. The van der Waals surface area contributed by atoms with Gasteiger partial charge in [-0.3, -0.25) is 28.8 Å². The van der Waals surface area contributed by atoms with Gasteiger partial charge in [0.05, 0.1) is 25.7 Å². The maximum absolute atomic E-state index is 14.0. The van der Waals surface area contributed by atoms with Crippen LogP contribution < -0.4 is 37.5 Å². The fraction of sp³-hybridized carbons (Fsp3) is 0.467. The van der Waals surface area contributed by atoms with Crippen LogP contribution in [0, 0.1) is 13.8 Å². The van der Waals surface area contributed by atoms with Gasteiger partial charge in [-0.25, -0.2) is 0 Å². The topological polar surface area (TPSA) is 321 Å². The molecule has 11 N–H and O–H groups in total. The number of aliphatic carboxylic acids is 1. The second-order valence-electron chi connectivity index (χ2n) is 15.7. The molecule has 3 aromatic carbocycles. The standard InChI is InChI=1S/C45H61N9O10/c1-5-31-23-33(64-18-7-6-17-49-54-48)15-16-34(31)32-13-11-29(12-14-32)22-36(42(60)50-35(41(47)59)10-8-9-30-20-26(2)19-27(3)21-30)51-43(61)37(24-39(57)58)52-44(62)38(25-55)53-45(63)40(46)28(4)56/h11-16,19-21,23,28,35-38,40,55-56H,5-10,17-18,22,24-25,46H2,1-4H3,(H2,47,59)(H,50,60)(H,51,61)(H,52,62)(H,53,63)(H,57,58)/t28-,35+,36+,37+,38+,40+/m1/s1. The highest BCUT2D eigenvalue weighted by molar-refractivity contribution is 5.97. The van der Waals surface area contributed by atoms with E-state index in [9.17, 15) is 44.1 Å². The zero-order valence-electron chi connectivity index (χ0n) is 36.7. The Labute approximate surface area is 372 Å². The SMILES string of the molecule is CCc1cc(OCCCCN=[N+]=[N-])ccc1-c1ccc(C[C@H](NC(=O)[C@H](CC(=O)O)NC(=O)[C@H](CO)NC(=O)[C@@H](N)[C@@H](C)O)C(=O)N[C@@H](CCCc2cc(C)cc(C)c2)C(N)=O)cc1. The van der Waals surface area contributed by atoms with E-state index >= 15 is 0 Å². The second kappa shape index (κ2) is 26.2. The van der Waals surface area contributed by atoms with Crippen molar-refractivity contribution in [3.63, 3.8) is 0 Å². The number of ether oxygens (including phenoxy) is 1. The first-order chi connectivity index (χ1) is 30.4. The molecule has 0 spiro atoms. The summed E-state index contributed by atoms with van der Waals surface area (Å²) in [6, 6.07) is 11.6. The summed E-state index contributed by atoms with van der Waals surface area (Å²) >= 11 is 0. The molecule has 0 radical (unpaired) electrons. The van der Waals surface area contributed by atoms with Crippen molar-refractivity contribution in [3.05, 3.63) is 98.9 Å². The molecule has 3 rings (SSSR count). The molecular formula is C45H61N9O10. The van der Waals surface area contributed by atoms with Crippen LogP contribution in [0.1, 0.15) is 73.8 Å². The Morgan fingerprint density at radius 3 is 2.00 bits per heavy atom. The first-order valence-corrected chi connectivity index (χ1v) is 21.2. The molecule has 5 amide bonds. The molecule has 0 heterocycles. The molecule has 3 aromatic rings. The summed E-state index contributed by atoms with van der Waals surface area (Å²) in [5, 5.41) is 42.3. The Bertz CT molecular complexity index is 2110. The van der Waals surface area contributed by atoms with Gasteiger partial charge in [-0.05, 0) is 105 Å². The molecule has 19 heteroatoms. The van der Waals surface area contributed by atoms with Crippen LogP contribution in [0.15, 0.2) is 65.8 Å². The van der Waals surface area contributed by atoms with Crippen molar-refractivity contribution in [1.82, 2.24) is 21.3 Å². The third kappa shape index (κ3) is 17.0. The van der Waals surface area contributed by atoms with Crippen LogP contribution in [0.25, 0.3) is 21.6 Å². The summed E-state index contributed by atoms with van der Waals surface area (Å²) in [5.41, 5.74) is 26.4. The third-order valence-electron chi connectivity index (χ3n) is 10.3. The minimum atomic E-state index is -1.80. The van der Waals surface area contributed by atoms with Gasteiger partial charge in [0.25, 0.3) is 0 Å². The molecular weight excluding hydrogens is 827 g/mol. The van der Waals surface area contributed by atoms with Crippen molar-refractivity contribution >= 4 is 35.5 Å². The number of azide groups is 1. The Balaban J connectivity index is 1.88. The van der Waals surface area contributed by atoms with Crippen LogP contribution in [0.4, 0.5) is 0 Å². The molecule has 19 nitrogen and oxygen atoms in total. The Hall–Kier alpha value is -6.53. The molecule has 0 saturated carbocycles. The lowest BCUT2D eigenvalue weighted by Crippen LogP contribution is -2.60. The molecule has 0 saturated heterocycles. The molecule has 0 aromatic heterocycles. The van der Waals surface area contributed by atoms with E-state index < -0.39 is 84.8 Å². The van der Waals surface area contributed by atoms with Gasteiger partial charge < -0.3 is 52.8 Å². The summed E-state index contributed by atoms with van der Waals surface area (Å²) in [5.74, 6) is -5.64.